The molecule has 19 heavy (non-hydrogen) atoms. The molecule has 5 nitrogen and oxygen atoms in total. The van der Waals surface area contributed by atoms with Crippen LogP contribution in [0, 0.1) is 0 Å². The van der Waals surface area contributed by atoms with Crippen molar-refractivity contribution in [1.29, 1.82) is 0 Å². The molecule has 1 fully saturated rings. The van der Waals surface area contributed by atoms with Crippen LogP contribution in [-0.4, -0.2) is 44.9 Å². The van der Waals surface area contributed by atoms with Crippen LogP contribution in [0.2, 0.25) is 0 Å². The molecule has 106 valence electrons. The van der Waals surface area contributed by atoms with Crippen molar-refractivity contribution in [3.8, 4) is 0 Å². The van der Waals surface area contributed by atoms with Gasteiger partial charge in [0.05, 0.1) is 6.61 Å². The lowest BCUT2D eigenvalue weighted by atomic mass is 9.93. The summed E-state index contributed by atoms with van der Waals surface area (Å²) < 4.78 is 1.68. The fraction of sp³-hybridized carbons (Fsp3) is 0.714. The fourth-order valence-corrected chi connectivity index (χ4v) is 2.84. The van der Waals surface area contributed by atoms with E-state index in [1.54, 1.807) is 17.1 Å². The first-order valence-electron chi connectivity index (χ1n) is 7.14. The molecule has 0 aromatic carbocycles. The number of aliphatic hydroxyl groups excluding tert-OH is 1. The maximum absolute atomic E-state index is 12.6. The van der Waals surface area contributed by atoms with Crippen molar-refractivity contribution in [3.05, 3.63) is 18.5 Å². The molecule has 1 heterocycles. The van der Waals surface area contributed by atoms with E-state index in [0.29, 0.717) is 6.54 Å². The Bertz CT molecular complexity index is 385. The van der Waals surface area contributed by atoms with Crippen LogP contribution in [0.25, 0.3) is 0 Å². The largest absolute Gasteiger partial charge is 0.395 e. The zero-order valence-electron chi connectivity index (χ0n) is 11.5. The number of carbonyl (C=O) groups excluding carboxylic acids is 1. The maximum atomic E-state index is 12.6. The summed E-state index contributed by atoms with van der Waals surface area (Å²) in [6.07, 6.45) is 9.20. The summed E-state index contributed by atoms with van der Waals surface area (Å²) in [5.41, 5.74) is 0. The molecule has 0 bridgehead atoms. The van der Waals surface area contributed by atoms with Gasteiger partial charge in [-0.15, -0.1) is 0 Å². The quantitative estimate of drug-likeness (QED) is 0.879. The van der Waals surface area contributed by atoms with Crippen molar-refractivity contribution >= 4 is 5.91 Å². The number of aromatic nitrogens is 2. The van der Waals surface area contributed by atoms with Gasteiger partial charge in [-0.05, 0) is 25.8 Å². The Hall–Kier alpha value is -1.36. The number of nitrogens with zero attached hydrogens (tertiary/aromatic N) is 3. The molecule has 1 aromatic rings. The lowest BCUT2D eigenvalue weighted by Gasteiger charge is -2.35. The van der Waals surface area contributed by atoms with E-state index >= 15 is 0 Å². The van der Waals surface area contributed by atoms with Gasteiger partial charge in [0.25, 0.3) is 0 Å². The van der Waals surface area contributed by atoms with Crippen molar-refractivity contribution in [3.63, 3.8) is 0 Å². The van der Waals surface area contributed by atoms with Gasteiger partial charge < -0.3 is 10.0 Å². The van der Waals surface area contributed by atoms with E-state index in [4.69, 9.17) is 0 Å². The summed E-state index contributed by atoms with van der Waals surface area (Å²) in [5, 5.41) is 13.3. The highest BCUT2D eigenvalue weighted by Gasteiger charge is 2.28. The third-order valence-electron chi connectivity index (χ3n) is 3.92. The number of amides is 1. The zero-order valence-corrected chi connectivity index (χ0v) is 11.5. The lowest BCUT2D eigenvalue weighted by molar-refractivity contribution is -0.138. The average Bonchev–Trinajstić information content (AvgIpc) is 2.98. The van der Waals surface area contributed by atoms with Gasteiger partial charge in [-0.3, -0.25) is 9.48 Å². The average molecular weight is 265 g/mol. The van der Waals surface area contributed by atoms with Crippen molar-refractivity contribution in [2.24, 2.45) is 0 Å². The first-order valence-corrected chi connectivity index (χ1v) is 7.14. The normalized spacial score (nSPS) is 18.2. The number of rotatable bonds is 5. The summed E-state index contributed by atoms with van der Waals surface area (Å²) >= 11 is 0. The fourth-order valence-electron chi connectivity index (χ4n) is 2.84. The minimum Gasteiger partial charge on any atom is -0.395 e. The molecule has 1 atom stereocenters. The Morgan fingerprint density at radius 2 is 2.21 bits per heavy atom. The molecule has 1 amide bonds. The van der Waals surface area contributed by atoms with Crippen LogP contribution in [0.15, 0.2) is 18.5 Å². The van der Waals surface area contributed by atoms with Gasteiger partial charge in [0.1, 0.15) is 6.04 Å². The first-order chi connectivity index (χ1) is 9.24. The number of aliphatic hydroxyl groups is 1. The monoisotopic (exact) mass is 265 g/mol. The molecule has 0 spiro atoms. The molecule has 0 aliphatic heterocycles. The van der Waals surface area contributed by atoms with Crippen LogP contribution < -0.4 is 0 Å². The van der Waals surface area contributed by atoms with E-state index < -0.39 is 0 Å². The summed E-state index contributed by atoms with van der Waals surface area (Å²) in [5.74, 6) is 0.0599. The Morgan fingerprint density at radius 3 is 2.79 bits per heavy atom. The molecule has 1 N–H and O–H groups in total. The smallest absolute Gasteiger partial charge is 0.247 e. The highest BCUT2D eigenvalue weighted by Crippen LogP contribution is 2.24. The van der Waals surface area contributed by atoms with Crippen LogP contribution in [-0.2, 0) is 4.79 Å². The molecule has 1 aliphatic carbocycles. The molecule has 1 aliphatic rings. The van der Waals surface area contributed by atoms with Gasteiger partial charge in [-0.2, -0.15) is 5.10 Å². The Labute approximate surface area is 114 Å². The van der Waals surface area contributed by atoms with E-state index in [1.807, 2.05) is 17.9 Å². The van der Waals surface area contributed by atoms with Crippen molar-refractivity contribution in [2.45, 2.75) is 51.1 Å². The third-order valence-corrected chi connectivity index (χ3v) is 3.92. The Morgan fingerprint density at radius 1 is 1.47 bits per heavy atom. The predicted molar refractivity (Wildman–Crippen MR) is 72.6 cm³/mol. The molecule has 1 aromatic heterocycles. The Kier molecular flexibility index (Phi) is 4.96. The summed E-state index contributed by atoms with van der Waals surface area (Å²) in [4.78, 5) is 14.4. The van der Waals surface area contributed by atoms with Crippen molar-refractivity contribution in [2.75, 3.05) is 13.2 Å². The summed E-state index contributed by atoms with van der Waals surface area (Å²) in [6.45, 7) is 2.31. The predicted octanol–water partition coefficient (Wildman–Crippen LogP) is 1.60. The van der Waals surface area contributed by atoms with Crippen LogP contribution in [0.5, 0.6) is 0 Å². The zero-order chi connectivity index (χ0) is 13.7. The van der Waals surface area contributed by atoms with E-state index in [-0.39, 0.29) is 24.6 Å². The van der Waals surface area contributed by atoms with Crippen molar-refractivity contribution in [1.82, 2.24) is 14.7 Å². The SMILES string of the molecule is CC(C(=O)N(CCO)C1CCCCC1)n1cccn1. The van der Waals surface area contributed by atoms with Gasteiger partial charge in [-0.1, -0.05) is 19.3 Å². The number of hydrogen-bond donors (Lipinski definition) is 1. The molecule has 1 unspecified atom stereocenters. The second-order valence-corrected chi connectivity index (χ2v) is 5.21. The van der Waals surface area contributed by atoms with E-state index in [2.05, 4.69) is 5.10 Å². The molecule has 1 saturated carbocycles. The van der Waals surface area contributed by atoms with Crippen LogP contribution in [0.4, 0.5) is 0 Å². The molecule has 0 radical (unpaired) electrons. The molecular weight excluding hydrogens is 242 g/mol. The maximum Gasteiger partial charge on any atom is 0.247 e. The van der Waals surface area contributed by atoms with Gasteiger partial charge in [0, 0.05) is 25.0 Å². The Balaban J connectivity index is 2.06. The molecule has 5 heteroatoms. The summed E-state index contributed by atoms with van der Waals surface area (Å²) in [6, 6.07) is 1.80. The number of carbonyl (C=O) groups is 1. The molecule has 0 saturated heterocycles. The van der Waals surface area contributed by atoms with Gasteiger partial charge in [0.15, 0.2) is 0 Å². The first kappa shape index (κ1) is 14.1. The van der Waals surface area contributed by atoms with Gasteiger partial charge >= 0.3 is 0 Å². The second-order valence-electron chi connectivity index (χ2n) is 5.21. The van der Waals surface area contributed by atoms with Crippen LogP contribution >= 0.6 is 0 Å². The highest BCUT2D eigenvalue weighted by molar-refractivity contribution is 5.80. The third kappa shape index (κ3) is 3.35. The molecule has 2 rings (SSSR count). The van der Waals surface area contributed by atoms with Gasteiger partial charge in [0.2, 0.25) is 5.91 Å². The highest BCUT2D eigenvalue weighted by atomic mass is 16.3. The van der Waals surface area contributed by atoms with E-state index in [1.165, 1.54) is 19.3 Å². The van der Waals surface area contributed by atoms with Crippen LogP contribution in [0.3, 0.4) is 0 Å². The van der Waals surface area contributed by atoms with Crippen LogP contribution in [0.1, 0.15) is 45.1 Å². The van der Waals surface area contributed by atoms with E-state index in [0.717, 1.165) is 12.8 Å². The number of hydrogen-bond acceptors (Lipinski definition) is 3. The minimum atomic E-state index is -0.302. The molecular formula is C14H23N3O2. The van der Waals surface area contributed by atoms with E-state index in [9.17, 15) is 9.90 Å². The standard InChI is InChI=1S/C14H23N3O2/c1-12(17-9-5-8-15-17)14(19)16(10-11-18)13-6-3-2-4-7-13/h5,8-9,12-13,18H,2-4,6-7,10-11H2,1H3. The lowest BCUT2D eigenvalue weighted by Crippen LogP contribution is -2.46. The van der Waals surface area contributed by atoms with Crippen molar-refractivity contribution < 1.29 is 9.90 Å². The minimum absolute atomic E-state index is 0.0219. The topological polar surface area (TPSA) is 58.4 Å². The second kappa shape index (κ2) is 6.70. The van der Waals surface area contributed by atoms with Gasteiger partial charge in [-0.25, -0.2) is 0 Å². The summed E-state index contributed by atoms with van der Waals surface area (Å²) in [7, 11) is 0.